The van der Waals surface area contributed by atoms with Gasteiger partial charge in [0.1, 0.15) is 0 Å². The lowest BCUT2D eigenvalue weighted by atomic mass is 10.3. The second-order valence-electron chi connectivity index (χ2n) is 3.23. The minimum atomic E-state index is -5.08. The molecule has 2 rings (SSSR count). The summed E-state index contributed by atoms with van der Waals surface area (Å²) in [5.41, 5.74) is 1.12. The molecule has 2 aromatic rings. The number of alkyl halides is 3. The van der Waals surface area contributed by atoms with Gasteiger partial charge in [0.15, 0.2) is 5.88 Å². The molecule has 0 unspecified atom stereocenters. The monoisotopic (exact) mass is 261 g/mol. The van der Waals surface area contributed by atoms with Crippen molar-refractivity contribution < 1.29 is 27.8 Å². The van der Waals surface area contributed by atoms with E-state index in [1.54, 1.807) is 7.11 Å². The van der Waals surface area contributed by atoms with Crippen LogP contribution in [0.4, 0.5) is 13.2 Å². The molecule has 18 heavy (non-hydrogen) atoms. The number of rotatable bonds is 1. The van der Waals surface area contributed by atoms with E-state index >= 15 is 0 Å². The van der Waals surface area contributed by atoms with Crippen LogP contribution in [0.3, 0.4) is 0 Å². The third-order valence-electron chi connectivity index (χ3n) is 1.97. The average molecular weight is 261 g/mol. The Balaban J connectivity index is 0.000000203. The Labute approximate surface area is 100.0 Å². The number of aliphatic carboxylic acids is 1. The van der Waals surface area contributed by atoms with E-state index in [1.165, 1.54) is 5.39 Å². The molecule has 1 aromatic carbocycles. The van der Waals surface area contributed by atoms with Gasteiger partial charge in [-0.3, -0.25) is 0 Å². The maximum Gasteiger partial charge on any atom is 0.490 e. The molecule has 1 aromatic heterocycles. The Bertz CT molecular complexity index is 501. The van der Waals surface area contributed by atoms with Crippen LogP contribution in [0, 0.1) is 0 Å². The summed E-state index contributed by atoms with van der Waals surface area (Å²) in [5, 5.41) is 8.31. The minimum absolute atomic E-state index is 0.811. The number of para-hydroxylation sites is 1. The molecule has 7 heteroatoms. The van der Waals surface area contributed by atoms with Crippen LogP contribution in [0.25, 0.3) is 10.9 Å². The van der Waals surface area contributed by atoms with Gasteiger partial charge in [-0.2, -0.15) is 13.2 Å². The molecule has 0 fully saturated rings. The van der Waals surface area contributed by atoms with Gasteiger partial charge in [-0.1, -0.05) is 18.2 Å². The SMILES string of the molecule is COc1cc2ccccc2[nH]1.O=C(O)C(F)(F)F. The van der Waals surface area contributed by atoms with Crippen LogP contribution in [0.2, 0.25) is 0 Å². The van der Waals surface area contributed by atoms with Crippen LogP contribution in [0.5, 0.6) is 5.88 Å². The lowest BCUT2D eigenvalue weighted by Crippen LogP contribution is -2.21. The molecule has 0 radical (unpaired) electrons. The van der Waals surface area contributed by atoms with Crippen LogP contribution in [-0.2, 0) is 4.79 Å². The number of aromatic amines is 1. The van der Waals surface area contributed by atoms with Crippen molar-refractivity contribution in [1.82, 2.24) is 4.98 Å². The number of nitrogens with one attached hydrogen (secondary N) is 1. The number of methoxy groups -OCH3 is 1. The first-order valence-electron chi connectivity index (χ1n) is 4.76. The predicted octanol–water partition coefficient (Wildman–Crippen LogP) is 2.81. The van der Waals surface area contributed by atoms with E-state index in [0.717, 1.165) is 11.4 Å². The fourth-order valence-electron chi connectivity index (χ4n) is 1.16. The van der Waals surface area contributed by atoms with Crippen molar-refractivity contribution in [3.05, 3.63) is 30.3 Å². The van der Waals surface area contributed by atoms with Gasteiger partial charge in [0.05, 0.1) is 7.11 Å². The lowest BCUT2D eigenvalue weighted by Gasteiger charge is -1.93. The molecular formula is C11H10F3NO3. The normalized spacial score (nSPS) is 10.7. The second kappa shape index (κ2) is 5.44. The maximum absolute atomic E-state index is 10.6. The number of carboxylic acids is 1. The number of H-pyrrole nitrogens is 1. The van der Waals surface area contributed by atoms with Crippen molar-refractivity contribution in [1.29, 1.82) is 0 Å². The number of carbonyl (C=O) groups is 1. The minimum Gasteiger partial charge on any atom is -0.482 e. The fraction of sp³-hybridized carbons (Fsp3) is 0.182. The predicted molar refractivity (Wildman–Crippen MR) is 58.5 cm³/mol. The summed E-state index contributed by atoms with van der Waals surface area (Å²) in [6.45, 7) is 0. The van der Waals surface area contributed by atoms with Crippen molar-refractivity contribution >= 4 is 16.9 Å². The smallest absolute Gasteiger partial charge is 0.482 e. The van der Waals surface area contributed by atoms with E-state index in [1.807, 2.05) is 30.3 Å². The molecule has 2 N–H and O–H groups in total. The number of halogens is 3. The average Bonchev–Trinajstić information content (AvgIpc) is 2.71. The molecular weight excluding hydrogens is 251 g/mol. The summed E-state index contributed by atoms with van der Waals surface area (Å²) < 4.78 is 36.8. The lowest BCUT2D eigenvalue weighted by molar-refractivity contribution is -0.192. The highest BCUT2D eigenvalue weighted by Crippen LogP contribution is 2.18. The van der Waals surface area contributed by atoms with Crippen LogP contribution < -0.4 is 4.74 Å². The molecule has 0 saturated carbocycles. The second-order valence-corrected chi connectivity index (χ2v) is 3.23. The fourth-order valence-corrected chi connectivity index (χ4v) is 1.16. The van der Waals surface area contributed by atoms with Crippen molar-refractivity contribution in [3.63, 3.8) is 0 Å². The summed E-state index contributed by atoms with van der Waals surface area (Å²) in [6, 6.07) is 10.1. The number of aromatic nitrogens is 1. The largest absolute Gasteiger partial charge is 0.490 e. The van der Waals surface area contributed by atoms with Gasteiger partial charge in [0.2, 0.25) is 0 Å². The number of ether oxygens (including phenoxy) is 1. The molecule has 0 spiro atoms. The number of hydrogen-bond donors (Lipinski definition) is 2. The van der Waals surface area contributed by atoms with E-state index in [9.17, 15) is 13.2 Å². The van der Waals surface area contributed by atoms with E-state index < -0.39 is 12.1 Å². The van der Waals surface area contributed by atoms with Gasteiger partial charge in [-0.15, -0.1) is 0 Å². The third-order valence-corrected chi connectivity index (χ3v) is 1.97. The van der Waals surface area contributed by atoms with Crippen molar-refractivity contribution in [2.24, 2.45) is 0 Å². The zero-order valence-corrected chi connectivity index (χ0v) is 9.28. The Hall–Kier alpha value is -2.18. The van der Waals surface area contributed by atoms with E-state index in [-0.39, 0.29) is 0 Å². The molecule has 0 aliphatic carbocycles. The van der Waals surface area contributed by atoms with Gasteiger partial charge in [-0.25, -0.2) is 4.79 Å². The molecule has 0 atom stereocenters. The van der Waals surface area contributed by atoms with Crippen LogP contribution in [0.15, 0.2) is 30.3 Å². The Kier molecular flexibility index (Phi) is 4.19. The van der Waals surface area contributed by atoms with E-state index in [2.05, 4.69) is 4.98 Å². The highest BCUT2D eigenvalue weighted by molar-refractivity contribution is 5.81. The molecule has 0 amide bonds. The number of fused-ring (bicyclic) bond motifs is 1. The van der Waals surface area contributed by atoms with Gasteiger partial charge in [-0.05, 0) is 6.07 Å². The third kappa shape index (κ3) is 3.69. The van der Waals surface area contributed by atoms with Crippen LogP contribution in [0.1, 0.15) is 0 Å². The number of hydrogen-bond acceptors (Lipinski definition) is 2. The van der Waals surface area contributed by atoms with Crippen LogP contribution >= 0.6 is 0 Å². The quantitative estimate of drug-likeness (QED) is 0.829. The molecule has 0 aliphatic rings. The maximum atomic E-state index is 10.6. The van der Waals surface area contributed by atoms with Crippen molar-refractivity contribution in [2.75, 3.05) is 7.11 Å². The van der Waals surface area contributed by atoms with Crippen LogP contribution in [-0.4, -0.2) is 29.3 Å². The summed E-state index contributed by atoms with van der Waals surface area (Å²) in [5.74, 6) is -1.95. The van der Waals surface area contributed by atoms with Gasteiger partial charge < -0.3 is 14.8 Å². The van der Waals surface area contributed by atoms with Gasteiger partial charge in [0.25, 0.3) is 0 Å². The first kappa shape index (κ1) is 13.9. The zero-order valence-electron chi connectivity index (χ0n) is 9.28. The highest BCUT2D eigenvalue weighted by atomic mass is 19.4. The number of carboxylic acid groups (broad SMARTS) is 1. The Morgan fingerprint density at radius 3 is 2.33 bits per heavy atom. The standard InChI is InChI=1S/C9H9NO.C2HF3O2/c1-11-9-6-7-4-2-3-5-8(7)10-9;3-2(4,5)1(6)7/h2-6,10H,1H3;(H,6,7). The summed E-state index contributed by atoms with van der Waals surface area (Å²) >= 11 is 0. The Morgan fingerprint density at radius 1 is 1.33 bits per heavy atom. The zero-order chi connectivity index (χ0) is 13.8. The van der Waals surface area contributed by atoms with E-state index in [4.69, 9.17) is 14.6 Å². The molecule has 4 nitrogen and oxygen atoms in total. The van der Waals surface area contributed by atoms with E-state index in [0.29, 0.717) is 0 Å². The molecule has 0 bridgehead atoms. The summed E-state index contributed by atoms with van der Waals surface area (Å²) in [6.07, 6.45) is -5.08. The highest BCUT2D eigenvalue weighted by Gasteiger charge is 2.38. The Morgan fingerprint density at radius 2 is 1.89 bits per heavy atom. The van der Waals surface area contributed by atoms with Crippen molar-refractivity contribution in [2.45, 2.75) is 6.18 Å². The van der Waals surface area contributed by atoms with Gasteiger partial charge in [0, 0.05) is 17.0 Å². The molecule has 0 aliphatic heterocycles. The summed E-state index contributed by atoms with van der Waals surface area (Å²) in [4.78, 5) is 12.0. The van der Waals surface area contributed by atoms with Gasteiger partial charge >= 0.3 is 12.1 Å². The first-order chi connectivity index (χ1) is 8.34. The number of benzene rings is 1. The molecule has 98 valence electrons. The molecule has 1 heterocycles. The first-order valence-corrected chi connectivity index (χ1v) is 4.76. The topological polar surface area (TPSA) is 62.3 Å². The summed E-state index contributed by atoms with van der Waals surface area (Å²) in [7, 11) is 1.66. The molecule has 0 saturated heterocycles. The van der Waals surface area contributed by atoms with Crippen molar-refractivity contribution in [3.8, 4) is 5.88 Å².